The summed E-state index contributed by atoms with van der Waals surface area (Å²) in [4.78, 5) is 17.0. The number of amides is 1. The molecule has 0 aliphatic heterocycles. The molecule has 0 fully saturated rings. The first-order valence-electron chi connectivity index (χ1n) is 5.20. The number of nitrogens with two attached hydrogens (primary N) is 1. The molecule has 4 heteroatoms. The lowest BCUT2D eigenvalue weighted by molar-refractivity contribution is -0.0590. The van der Waals surface area contributed by atoms with Gasteiger partial charge in [0, 0.05) is 12.1 Å². The molecule has 0 spiro atoms. The third kappa shape index (κ3) is 3.64. The lowest BCUT2D eigenvalue weighted by atomic mass is 10.1. The monoisotopic (exact) mass is 222 g/mol. The molecule has 0 atom stereocenters. The number of nitrogens with one attached hydrogen (secondary N) is 1. The predicted octanol–water partition coefficient (Wildman–Crippen LogP) is 1.61. The second-order valence-electron chi connectivity index (χ2n) is 4.51. The molecule has 0 saturated carbocycles. The van der Waals surface area contributed by atoms with Crippen molar-refractivity contribution in [1.29, 1.82) is 0 Å². The van der Waals surface area contributed by atoms with E-state index in [4.69, 9.17) is 10.6 Å². The number of carbonyl (C=O) groups excluding carboxylic acids is 1. The summed E-state index contributed by atoms with van der Waals surface area (Å²) in [5.41, 5.74) is 8.91. The Morgan fingerprint density at radius 2 is 2.00 bits per heavy atom. The van der Waals surface area contributed by atoms with Crippen LogP contribution in [0.2, 0.25) is 0 Å². The molecule has 16 heavy (non-hydrogen) atoms. The van der Waals surface area contributed by atoms with E-state index in [9.17, 15) is 4.79 Å². The van der Waals surface area contributed by atoms with Gasteiger partial charge in [0.2, 0.25) is 0 Å². The van der Waals surface area contributed by atoms with Crippen LogP contribution in [-0.2, 0) is 11.4 Å². The minimum atomic E-state index is -0.409. The molecule has 0 heterocycles. The van der Waals surface area contributed by atoms with Crippen molar-refractivity contribution in [1.82, 2.24) is 5.48 Å². The van der Waals surface area contributed by atoms with Gasteiger partial charge in [0.05, 0.1) is 5.60 Å². The summed E-state index contributed by atoms with van der Waals surface area (Å²) in [5, 5.41) is 0. The number of hydroxylamine groups is 1. The fourth-order valence-corrected chi connectivity index (χ4v) is 1.17. The topological polar surface area (TPSA) is 64.3 Å². The van der Waals surface area contributed by atoms with Gasteiger partial charge in [0.15, 0.2) is 0 Å². The van der Waals surface area contributed by atoms with E-state index in [1.807, 2.05) is 32.9 Å². The van der Waals surface area contributed by atoms with Crippen molar-refractivity contribution in [2.75, 3.05) is 0 Å². The van der Waals surface area contributed by atoms with E-state index in [2.05, 4.69) is 5.48 Å². The minimum Gasteiger partial charge on any atom is -0.326 e. The smallest absolute Gasteiger partial charge is 0.275 e. The maximum absolute atomic E-state index is 11.8. The van der Waals surface area contributed by atoms with Crippen molar-refractivity contribution < 1.29 is 9.63 Å². The summed E-state index contributed by atoms with van der Waals surface area (Å²) in [6.07, 6.45) is 0. The Morgan fingerprint density at radius 1 is 1.38 bits per heavy atom. The van der Waals surface area contributed by atoms with Crippen LogP contribution in [0.5, 0.6) is 0 Å². The fourth-order valence-electron chi connectivity index (χ4n) is 1.17. The number of carbonyl (C=O) groups is 1. The lowest BCUT2D eigenvalue weighted by Crippen LogP contribution is -2.34. The molecule has 0 radical (unpaired) electrons. The van der Waals surface area contributed by atoms with Gasteiger partial charge < -0.3 is 5.73 Å². The van der Waals surface area contributed by atoms with Gasteiger partial charge >= 0.3 is 0 Å². The van der Waals surface area contributed by atoms with Gasteiger partial charge in [-0.2, -0.15) is 0 Å². The summed E-state index contributed by atoms with van der Waals surface area (Å²) in [7, 11) is 0. The average molecular weight is 222 g/mol. The van der Waals surface area contributed by atoms with Crippen LogP contribution in [0.15, 0.2) is 24.3 Å². The van der Waals surface area contributed by atoms with Crippen LogP contribution in [0.4, 0.5) is 0 Å². The Bertz CT molecular complexity index is 370. The molecule has 88 valence electrons. The maximum atomic E-state index is 11.8. The Hall–Kier alpha value is -1.39. The molecule has 1 aromatic rings. The van der Waals surface area contributed by atoms with E-state index >= 15 is 0 Å². The van der Waals surface area contributed by atoms with E-state index in [0.717, 1.165) is 5.56 Å². The van der Waals surface area contributed by atoms with Crippen molar-refractivity contribution in [3.63, 3.8) is 0 Å². The van der Waals surface area contributed by atoms with Crippen molar-refractivity contribution in [2.24, 2.45) is 5.73 Å². The van der Waals surface area contributed by atoms with Crippen LogP contribution in [0.25, 0.3) is 0 Å². The van der Waals surface area contributed by atoms with Crippen LogP contribution in [0.3, 0.4) is 0 Å². The second-order valence-corrected chi connectivity index (χ2v) is 4.51. The number of hydrogen-bond acceptors (Lipinski definition) is 3. The SMILES string of the molecule is CC(C)(C)ONC(=O)c1ccccc1CN. The normalized spacial score (nSPS) is 11.2. The highest BCUT2D eigenvalue weighted by atomic mass is 16.7. The Labute approximate surface area is 95.7 Å². The zero-order valence-electron chi connectivity index (χ0n) is 9.91. The molecule has 1 aromatic carbocycles. The molecule has 0 saturated heterocycles. The Morgan fingerprint density at radius 3 is 2.56 bits per heavy atom. The molecule has 4 nitrogen and oxygen atoms in total. The maximum Gasteiger partial charge on any atom is 0.275 e. The number of rotatable bonds is 3. The lowest BCUT2D eigenvalue weighted by Gasteiger charge is -2.19. The molecule has 3 N–H and O–H groups in total. The van der Waals surface area contributed by atoms with Crippen molar-refractivity contribution in [2.45, 2.75) is 32.9 Å². The van der Waals surface area contributed by atoms with Gasteiger partial charge in [0.1, 0.15) is 0 Å². The first-order chi connectivity index (χ1) is 7.44. The van der Waals surface area contributed by atoms with Gasteiger partial charge in [-0.3, -0.25) is 9.63 Å². The summed E-state index contributed by atoms with van der Waals surface area (Å²) < 4.78 is 0. The minimum absolute atomic E-state index is 0.268. The standard InChI is InChI=1S/C12H18N2O2/c1-12(2,3)16-14-11(15)10-7-5-4-6-9(10)8-13/h4-7H,8,13H2,1-3H3,(H,14,15). The zero-order chi connectivity index (χ0) is 12.2. The van der Waals surface area contributed by atoms with Crippen LogP contribution >= 0.6 is 0 Å². The molecule has 0 unspecified atom stereocenters. The molecular formula is C12H18N2O2. The van der Waals surface area contributed by atoms with Crippen LogP contribution in [0.1, 0.15) is 36.7 Å². The highest BCUT2D eigenvalue weighted by molar-refractivity contribution is 5.94. The highest BCUT2D eigenvalue weighted by Crippen LogP contribution is 2.09. The molecule has 1 rings (SSSR count). The number of hydrogen-bond donors (Lipinski definition) is 2. The van der Waals surface area contributed by atoms with Gasteiger partial charge in [-0.1, -0.05) is 18.2 Å². The van der Waals surface area contributed by atoms with Gasteiger partial charge in [-0.05, 0) is 32.4 Å². The van der Waals surface area contributed by atoms with Gasteiger partial charge in [-0.25, -0.2) is 5.48 Å². The molecule has 0 aromatic heterocycles. The van der Waals surface area contributed by atoms with Crippen molar-refractivity contribution in [3.8, 4) is 0 Å². The first-order valence-corrected chi connectivity index (χ1v) is 5.20. The van der Waals surface area contributed by atoms with E-state index in [-0.39, 0.29) is 5.91 Å². The molecule has 0 aliphatic carbocycles. The van der Waals surface area contributed by atoms with Crippen LogP contribution in [-0.4, -0.2) is 11.5 Å². The van der Waals surface area contributed by atoms with Gasteiger partial charge in [0.25, 0.3) is 5.91 Å². The largest absolute Gasteiger partial charge is 0.326 e. The number of benzene rings is 1. The van der Waals surface area contributed by atoms with Crippen LogP contribution < -0.4 is 11.2 Å². The summed E-state index contributed by atoms with van der Waals surface area (Å²) in [6.45, 7) is 5.92. The van der Waals surface area contributed by atoms with E-state index < -0.39 is 5.60 Å². The molecule has 0 aliphatic rings. The highest BCUT2D eigenvalue weighted by Gasteiger charge is 2.15. The first kappa shape index (κ1) is 12.7. The predicted molar refractivity (Wildman–Crippen MR) is 62.6 cm³/mol. The summed E-state index contributed by atoms with van der Waals surface area (Å²) in [5.74, 6) is -0.268. The summed E-state index contributed by atoms with van der Waals surface area (Å²) in [6, 6.07) is 7.20. The van der Waals surface area contributed by atoms with E-state index in [0.29, 0.717) is 12.1 Å². The van der Waals surface area contributed by atoms with Crippen LogP contribution in [0, 0.1) is 0 Å². The summed E-state index contributed by atoms with van der Waals surface area (Å²) >= 11 is 0. The third-order valence-corrected chi connectivity index (χ3v) is 1.93. The molecule has 1 amide bonds. The molecule has 0 bridgehead atoms. The zero-order valence-corrected chi connectivity index (χ0v) is 9.91. The third-order valence-electron chi connectivity index (χ3n) is 1.93. The van der Waals surface area contributed by atoms with Gasteiger partial charge in [-0.15, -0.1) is 0 Å². The van der Waals surface area contributed by atoms with Crippen molar-refractivity contribution >= 4 is 5.91 Å². The average Bonchev–Trinajstić information content (AvgIpc) is 2.25. The second kappa shape index (κ2) is 5.09. The Kier molecular flexibility index (Phi) is 4.04. The fraction of sp³-hybridized carbons (Fsp3) is 0.417. The quantitative estimate of drug-likeness (QED) is 0.763. The van der Waals surface area contributed by atoms with Crippen molar-refractivity contribution in [3.05, 3.63) is 35.4 Å². The van der Waals surface area contributed by atoms with E-state index in [1.54, 1.807) is 12.1 Å². The Balaban J connectivity index is 2.73. The van der Waals surface area contributed by atoms with E-state index in [1.165, 1.54) is 0 Å². The molecular weight excluding hydrogens is 204 g/mol.